The van der Waals surface area contributed by atoms with E-state index in [0.717, 1.165) is 16.3 Å². The Kier molecular flexibility index (Phi) is 2.91. The van der Waals surface area contributed by atoms with Crippen LogP contribution in [0.5, 0.6) is 0 Å². The summed E-state index contributed by atoms with van der Waals surface area (Å²) in [7, 11) is 1.88. The zero-order valence-electron chi connectivity index (χ0n) is 12.4. The molecular weight excluding hydrogens is 290 g/mol. The van der Waals surface area contributed by atoms with Gasteiger partial charge in [-0.3, -0.25) is 4.79 Å². The number of carbonyl (C=O) groups excluding carboxylic acids is 1. The molecule has 0 fully saturated rings. The number of ketones is 1. The fraction of sp³-hybridized carbons (Fsp3) is 0.0526. The third-order valence-corrected chi connectivity index (χ3v) is 4.03. The topological polar surface area (TPSA) is 52.2 Å². The van der Waals surface area contributed by atoms with Gasteiger partial charge >= 0.3 is 5.63 Å². The Balaban J connectivity index is 1.95. The minimum absolute atomic E-state index is 0.0556. The molecule has 0 radical (unpaired) electrons. The maximum atomic E-state index is 12.9. The summed E-state index contributed by atoms with van der Waals surface area (Å²) >= 11 is 0. The molecule has 0 saturated heterocycles. The molecule has 0 aliphatic carbocycles. The Morgan fingerprint density at radius 3 is 2.61 bits per heavy atom. The summed E-state index contributed by atoms with van der Waals surface area (Å²) in [5.41, 5.74) is 1.38. The van der Waals surface area contributed by atoms with Crippen LogP contribution >= 0.6 is 0 Å². The lowest BCUT2D eigenvalue weighted by molar-refractivity contribution is 0.103. The second-order valence-electron chi connectivity index (χ2n) is 5.49. The molecule has 2 aromatic carbocycles. The van der Waals surface area contributed by atoms with Gasteiger partial charge in [0.25, 0.3) is 0 Å². The van der Waals surface area contributed by atoms with Crippen molar-refractivity contribution in [3.63, 3.8) is 0 Å². The highest BCUT2D eigenvalue weighted by Gasteiger charge is 2.19. The first-order chi connectivity index (χ1) is 11.1. The summed E-state index contributed by atoms with van der Waals surface area (Å²) in [5.74, 6) is -0.318. The molecule has 0 aliphatic heterocycles. The van der Waals surface area contributed by atoms with Crippen molar-refractivity contribution in [1.82, 2.24) is 4.57 Å². The number of fused-ring (bicyclic) bond motifs is 2. The molecule has 23 heavy (non-hydrogen) atoms. The third-order valence-electron chi connectivity index (χ3n) is 4.03. The van der Waals surface area contributed by atoms with E-state index in [9.17, 15) is 9.59 Å². The van der Waals surface area contributed by atoms with Gasteiger partial charge in [0.15, 0.2) is 0 Å². The van der Waals surface area contributed by atoms with Crippen LogP contribution in [0.2, 0.25) is 0 Å². The van der Waals surface area contributed by atoms with Crippen LogP contribution in [0.4, 0.5) is 0 Å². The van der Waals surface area contributed by atoms with Crippen molar-refractivity contribution in [2.45, 2.75) is 0 Å². The van der Waals surface area contributed by atoms with Crippen LogP contribution in [0.1, 0.15) is 15.9 Å². The SMILES string of the molecule is Cn1cc(C(=O)c2cc3ccccc3oc2=O)c2ccccc21. The molecule has 0 N–H and O–H groups in total. The Labute approximate surface area is 131 Å². The van der Waals surface area contributed by atoms with Crippen molar-refractivity contribution in [3.05, 3.63) is 82.3 Å². The first-order valence-electron chi connectivity index (χ1n) is 7.27. The molecule has 0 aliphatic rings. The predicted octanol–water partition coefficient (Wildman–Crippen LogP) is 3.52. The summed E-state index contributed by atoms with van der Waals surface area (Å²) in [6.45, 7) is 0. The van der Waals surface area contributed by atoms with Crippen molar-refractivity contribution in [3.8, 4) is 0 Å². The molecule has 0 bridgehead atoms. The second kappa shape index (κ2) is 4.95. The van der Waals surface area contributed by atoms with Gasteiger partial charge in [-0.1, -0.05) is 36.4 Å². The predicted molar refractivity (Wildman–Crippen MR) is 88.8 cm³/mol. The minimum Gasteiger partial charge on any atom is -0.422 e. The highest BCUT2D eigenvalue weighted by molar-refractivity contribution is 6.16. The summed E-state index contributed by atoms with van der Waals surface area (Å²) in [5, 5.41) is 1.56. The second-order valence-corrected chi connectivity index (χ2v) is 5.49. The molecule has 4 aromatic rings. The average molecular weight is 303 g/mol. The van der Waals surface area contributed by atoms with Crippen LogP contribution in [-0.2, 0) is 7.05 Å². The highest BCUT2D eigenvalue weighted by Crippen LogP contribution is 2.23. The van der Waals surface area contributed by atoms with Gasteiger partial charge in [-0.05, 0) is 18.2 Å². The van der Waals surface area contributed by atoms with Crippen LogP contribution in [0.25, 0.3) is 21.9 Å². The van der Waals surface area contributed by atoms with Crippen molar-refractivity contribution in [1.29, 1.82) is 0 Å². The van der Waals surface area contributed by atoms with Gasteiger partial charge in [0.05, 0.1) is 0 Å². The number of hydrogen-bond acceptors (Lipinski definition) is 3. The van der Waals surface area contributed by atoms with Crippen LogP contribution in [-0.4, -0.2) is 10.4 Å². The maximum Gasteiger partial charge on any atom is 0.347 e. The Bertz CT molecular complexity index is 1120. The molecule has 4 heteroatoms. The zero-order valence-corrected chi connectivity index (χ0v) is 12.4. The Morgan fingerprint density at radius 1 is 1.00 bits per heavy atom. The number of nitrogens with zero attached hydrogens (tertiary/aromatic N) is 1. The van der Waals surface area contributed by atoms with Crippen molar-refractivity contribution < 1.29 is 9.21 Å². The molecule has 2 heterocycles. The monoisotopic (exact) mass is 303 g/mol. The van der Waals surface area contributed by atoms with Crippen LogP contribution < -0.4 is 5.63 Å². The van der Waals surface area contributed by atoms with Crippen molar-refractivity contribution in [2.75, 3.05) is 0 Å². The largest absolute Gasteiger partial charge is 0.422 e. The lowest BCUT2D eigenvalue weighted by Gasteiger charge is -2.01. The average Bonchev–Trinajstić information content (AvgIpc) is 2.91. The van der Waals surface area contributed by atoms with E-state index in [0.29, 0.717) is 11.1 Å². The van der Waals surface area contributed by atoms with Gasteiger partial charge in [0.1, 0.15) is 11.1 Å². The quantitative estimate of drug-likeness (QED) is 0.420. The van der Waals surface area contributed by atoms with Crippen molar-refractivity contribution >= 4 is 27.7 Å². The Hall–Kier alpha value is -3.14. The van der Waals surface area contributed by atoms with E-state index in [1.54, 1.807) is 24.4 Å². The first kappa shape index (κ1) is 13.5. The van der Waals surface area contributed by atoms with Gasteiger partial charge in [0, 0.05) is 35.1 Å². The summed E-state index contributed by atoms with van der Waals surface area (Å²) < 4.78 is 7.15. The number of benzene rings is 2. The third kappa shape index (κ3) is 2.07. The molecule has 4 rings (SSSR count). The van der Waals surface area contributed by atoms with Crippen LogP contribution in [0.3, 0.4) is 0 Å². The van der Waals surface area contributed by atoms with E-state index >= 15 is 0 Å². The smallest absolute Gasteiger partial charge is 0.347 e. The van der Waals surface area contributed by atoms with E-state index in [1.807, 2.05) is 48.0 Å². The normalized spacial score (nSPS) is 11.2. The fourth-order valence-corrected chi connectivity index (χ4v) is 2.89. The molecular formula is C19H13NO3. The molecule has 0 saturated carbocycles. The van der Waals surface area contributed by atoms with Gasteiger partial charge < -0.3 is 8.98 Å². The van der Waals surface area contributed by atoms with E-state index in [1.165, 1.54) is 0 Å². The van der Waals surface area contributed by atoms with E-state index < -0.39 is 5.63 Å². The molecule has 0 amide bonds. The summed E-state index contributed by atoms with van der Waals surface area (Å²) in [6.07, 6.45) is 1.75. The summed E-state index contributed by atoms with van der Waals surface area (Å²) in [4.78, 5) is 25.1. The van der Waals surface area contributed by atoms with E-state index in [2.05, 4.69) is 0 Å². The van der Waals surface area contributed by atoms with E-state index in [-0.39, 0.29) is 11.3 Å². The summed E-state index contributed by atoms with van der Waals surface area (Å²) in [6, 6.07) is 16.4. The molecule has 0 atom stereocenters. The van der Waals surface area contributed by atoms with Gasteiger partial charge in [-0.15, -0.1) is 0 Å². The number of aromatic nitrogens is 1. The zero-order chi connectivity index (χ0) is 16.0. The van der Waals surface area contributed by atoms with Crippen molar-refractivity contribution in [2.24, 2.45) is 7.05 Å². The maximum absolute atomic E-state index is 12.9. The lowest BCUT2D eigenvalue weighted by atomic mass is 10.0. The number of hydrogen-bond donors (Lipinski definition) is 0. The molecule has 2 aromatic heterocycles. The van der Waals surface area contributed by atoms with Crippen LogP contribution in [0.15, 0.2) is 70.0 Å². The van der Waals surface area contributed by atoms with Gasteiger partial charge in [-0.25, -0.2) is 4.79 Å². The van der Waals surface area contributed by atoms with Gasteiger partial charge in [0.2, 0.25) is 5.78 Å². The van der Waals surface area contributed by atoms with E-state index in [4.69, 9.17) is 4.42 Å². The number of para-hydroxylation sites is 2. The molecule has 0 unspecified atom stereocenters. The molecule has 112 valence electrons. The standard InChI is InChI=1S/C19H13NO3/c1-20-11-15(13-7-3-4-8-16(13)20)18(21)14-10-12-6-2-5-9-17(12)23-19(14)22/h2-11H,1H3. The number of rotatable bonds is 2. The molecule has 0 spiro atoms. The first-order valence-corrected chi connectivity index (χ1v) is 7.27. The number of carbonyl (C=O) groups is 1. The molecule has 4 nitrogen and oxygen atoms in total. The number of aryl methyl sites for hydroxylation is 1. The fourth-order valence-electron chi connectivity index (χ4n) is 2.89. The van der Waals surface area contributed by atoms with Crippen LogP contribution in [0, 0.1) is 0 Å². The lowest BCUT2D eigenvalue weighted by Crippen LogP contribution is -2.14. The van der Waals surface area contributed by atoms with Gasteiger partial charge in [-0.2, -0.15) is 0 Å². The Morgan fingerprint density at radius 2 is 1.74 bits per heavy atom. The highest BCUT2D eigenvalue weighted by atomic mass is 16.4. The minimum atomic E-state index is -0.610.